The Balaban J connectivity index is 1.13. The van der Waals surface area contributed by atoms with Crippen LogP contribution in [0.4, 0.5) is 5.69 Å². The lowest BCUT2D eigenvalue weighted by atomic mass is 9.63. The standard InChI is InChI=1S/C47H37N2S2/c1-2-12-32(13-3-1)49-41-20-7-4-14-34(41)35-16-10-15-33(46(35)49)30-24-26-44-39(28-30)47(36-17-5-8-21-42(36)50-44)37-18-6-9-22-43(37)51-45-29-31(23-25-38(45)47)40-19-11-27-48-40/h1-3,5-13,16-18,20-29,33,35,40,46H,4,14-15,19H2/q-1. The molecule has 0 saturated heterocycles. The molecule has 5 atom stereocenters. The maximum atomic E-state index is 4.81. The molecule has 0 amide bonds. The average Bonchev–Trinajstić information content (AvgIpc) is 3.85. The summed E-state index contributed by atoms with van der Waals surface area (Å²) in [7, 11) is 0. The minimum atomic E-state index is -0.424. The second-order valence-electron chi connectivity index (χ2n) is 14.6. The summed E-state index contributed by atoms with van der Waals surface area (Å²) in [5, 5.41) is 4.81. The van der Waals surface area contributed by atoms with Gasteiger partial charge in [-0.1, -0.05) is 132 Å². The van der Waals surface area contributed by atoms with Crippen molar-refractivity contribution in [1.29, 1.82) is 0 Å². The van der Waals surface area contributed by atoms with E-state index in [1.807, 2.05) is 29.7 Å². The van der Waals surface area contributed by atoms with Gasteiger partial charge < -0.3 is 10.2 Å². The molecule has 4 aliphatic heterocycles. The SMILES string of the molecule is C1=CC2=C(CC1)C1C=CCC(c3ccc4c(c3)C3(c5ccccc5Sc5cc(C6CC=C[N-]6)ccc53)c3ccccc3S4)C1N2c1ccccc1. The molecule has 51 heavy (non-hydrogen) atoms. The lowest BCUT2D eigenvalue weighted by Crippen LogP contribution is -2.41. The molecule has 0 saturated carbocycles. The van der Waals surface area contributed by atoms with E-state index in [0.717, 1.165) is 25.7 Å². The number of allylic oxidation sites excluding steroid dienone is 3. The van der Waals surface area contributed by atoms with Crippen molar-refractivity contribution in [2.75, 3.05) is 4.90 Å². The second kappa shape index (κ2) is 11.7. The van der Waals surface area contributed by atoms with Crippen LogP contribution in [0.15, 0.2) is 183 Å². The molecular formula is C47H37N2S2-. The fourth-order valence-electron chi connectivity index (χ4n) is 9.95. The molecule has 5 unspecified atom stereocenters. The summed E-state index contributed by atoms with van der Waals surface area (Å²) in [6.45, 7) is 0. The average molecular weight is 694 g/mol. The summed E-state index contributed by atoms with van der Waals surface area (Å²) < 4.78 is 0. The van der Waals surface area contributed by atoms with Gasteiger partial charge in [-0.3, -0.25) is 0 Å². The summed E-state index contributed by atoms with van der Waals surface area (Å²) >= 11 is 3.87. The first kappa shape index (κ1) is 30.0. The number of hydrogen-bond donors (Lipinski definition) is 0. The molecule has 4 heterocycles. The van der Waals surface area contributed by atoms with E-state index in [1.165, 1.54) is 64.3 Å². The van der Waals surface area contributed by atoms with Crippen molar-refractivity contribution in [3.05, 3.63) is 202 Å². The minimum Gasteiger partial charge on any atom is -0.684 e. The van der Waals surface area contributed by atoms with Gasteiger partial charge in [0.1, 0.15) is 0 Å². The Labute approximate surface area is 309 Å². The van der Waals surface area contributed by atoms with E-state index in [4.69, 9.17) is 5.32 Å². The Bertz CT molecular complexity index is 2330. The quantitative estimate of drug-likeness (QED) is 0.172. The number of benzene rings is 5. The highest BCUT2D eigenvalue weighted by molar-refractivity contribution is 8.00. The zero-order chi connectivity index (χ0) is 33.5. The van der Waals surface area contributed by atoms with Crippen molar-refractivity contribution in [2.24, 2.45) is 5.92 Å². The van der Waals surface area contributed by atoms with E-state index in [1.54, 1.807) is 5.57 Å². The Kier molecular flexibility index (Phi) is 6.89. The first-order chi connectivity index (χ1) is 25.3. The van der Waals surface area contributed by atoms with E-state index in [2.05, 4.69) is 151 Å². The molecule has 0 fully saturated rings. The van der Waals surface area contributed by atoms with Gasteiger partial charge in [-0.15, -0.1) is 6.08 Å². The van der Waals surface area contributed by atoms with Crippen LogP contribution in [0.25, 0.3) is 5.32 Å². The second-order valence-corrected chi connectivity index (χ2v) is 16.8. The number of rotatable bonds is 3. The van der Waals surface area contributed by atoms with Crippen molar-refractivity contribution in [1.82, 2.24) is 0 Å². The predicted molar refractivity (Wildman–Crippen MR) is 211 cm³/mol. The number of nitrogens with zero attached hydrogens (tertiary/aromatic N) is 2. The zero-order valence-electron chi connectivity index (χ0n) is 28.3. The molecule has 2 aliphatic carbocycles. The van der Waals surface area contributed by atoms with Crippen LogP contribution in [0.5, 0.6) is 0 Å². The van der Waals surface area contributed by atoms with Gasteiger partial charge in [-0.05, 0) is 102 Å². The smallest absolute Gasteiger partial charge is 0.0745 e. The molecular weight excluding hydrogens is 657 g/mol. The molecule has 5 aromatic carbocycles. The maximum absolute atomic E-state index is 4.81. The van der Waals surface area contributed by atoms with Crippen LogP contribution in [-0.4, -0.2) is 6.04 Å². The third-order valence-corrected chi connectivity index (χ3v) is 14.4. The molecule has 0 aromatic heterocycles. The summed E-state index contributed by atoms with van der Waals surface area (Å²) in [4.78, 5) is 8.09. The third-order valence-electron chi connectivity index (χ3n) is 12.1. The normalized spacial score (nSPS) is 26.2. The highest BCUT2D eigenvalue weighted by Gasteiger charge is 2.50. The highest BCUT2D eigenvalue weighted by atomic mass is 32.2. The Morgan fingerprint density at radius 2 is 1.35 bits per heavy atom. The number of anilines is 1. The Morgan fingerprint density at radius 3 is 2.16 bits per heavy atom. The van der Waals surface area contributed by atoms with Crippen molar-refractivity contribution in [3.8, 4) is 0 Å². The van der Waals surface area contributed by atoms with Crippen molar-refractivity contribution in [2.45, 2.75) is 68.7 Å². The third kappa shape index (κ3) is 4.39. The summed E-state index contributed by atoms with van der Waals surface area (Å²) in [6, 6.07) is 44.9. The summed E-state index contributed by atoms with van der Waals surface area (Å²) in [6.07, 6.45) is 18.2. The van der Waals surface area contributed by atoms with Crippen molar-refractivity contribution in [3.63, 3.8) is 0 Å². The van der Waals surface area contributed by atoms with Crippen molar-refractivity contribution < 1.29 is 0 Å². The molecule has 248 valence electrons. The van der Waals surface area contributed by atoms with Gasteiger partial charge in [0.15, 0.2) is 0 Å². The van der Waals surface area contributed by atoms with E-state index in [0.29, 0.717) is 17.9 Å². The molecule has 4 heteroatoms. The van der Waals surface area contributed by atoms with Crippen LogP contribution in [0, 0.1) is 5.92 Å². The molecule has 5 aromatic rings. The van der Waals surface area contributed by atoms with E-state index in [-0.39, 0.29) is 6.04 Å². The molecule has 11 rings (SSSR count). The van der Waals surface area contributed by atoms with Crippen LogP contribution in [0.3, 0.4) is 0 Å². The first-order valence-electron chi connectivity index (χ1n) is 18.4. The molecule has 1 spiro atoms. The van der Waals surface area contributed by atoms with E-state index < -0.39 is 5.41 Å². The lowest BCUT2D eigenvalue weighted by molar-refractivity contribution is 0.453. The largest absolute Gasteiger partial charge is 0.684 e. The topological polar surface area (TPSA) is 17.3 Å². The zero-order valence-corrected chi connectivity index (χ0v) is 29.9. The lowest BCUT2D eigenvalue weighted by Gasteiger charge is -2.46. The Morgan fingerprint density at radius 1 is 0.627 bits per heavy atom. The van der Waals surface area contributed by atoms with Gasteiger partial charge >= 0.3 is 0 Å². The fourth-order valence-corrected chi connectivity index (χ4v) is 12.4. The van der Waals surface area contributed by atoms with Gasteiger partial charge in [0.2, 0.25) is 0 Å². The van der Waals surface area contributed by atoms with Crippen molar-refractivity contribution >= 4 is 29.2 Å². The van der Waals surface area contributed by atoms with Gasteiger partial charge in [0.05, 0.1) is 11.5 Å². The van der Waals surface area contributed by atoms with Crippen LogP contribution in [0.1, 0.15) is 71.0 Å². The molecule has 2 nitrogen and oxygen atoms in total. The minimum absolute atomic E-state index is 0.206. The van der Waals surface area contributed by atoms with Gasteiger partial charge in [0, 0.05) is 42.8 Å². The van der Waals surface area contributed by atoms with Crippen LogP contribution < -0.4 is 4.90 Å². The number of hydrogen-bond acceptors (Lipinski definition) is 3. The van der Waals surface area contributed by atoms with Gasteiger partial charge in [-0.2, -0.15) is 6.20 Å². The van der Waals surface area contributed by atoms with Crippen LogP contribution in [-0.2, 0) is 5.41 Å². The molecule has 6 aliphatic rings. The summed E-state index contributed by atoms with van der Waals surface area (Å²) in [5.41, 5.74) is 12.3. The first-order valence-corrected chi connectivity index (χ1v) is 20.0. The number of para-hydroxylation sites is 1. The molecule has 0 N–H and O–H groups in total. The van der Waals surface area contributed by atoms with Crippen LogP contribution >= 0.6 is 23.5 Å². The fraction of sp³-hybridized carbons (Fsp3) is 0.191. The maximum Gasteiger partial charge on any atom is 0.0745 e. The van der Waals surface area contributed by atoms with E-state index in [9.17, 15) is 0 Å². The highest BCUT2D eigenvalue weighted by Crippen LogP contribution is 2.62. The molecule has 0 bridgehead atoms. The van der Waals surface area contributed by atoms with Gasteiger partial charge in [-0.25, -0.2) is 0 Å². The Hall–Kier alpha value is -4.64. The van der Waals surface area contributed by atoms with E-state index >= 15 is 0 Å². The summed E-state index contributed by atoms with van der Waals surface area (Å²) in [5.74, 6) is 0.778. The van der Waals surface area contributed by atoms with Gasteiger partial charge in [0.25, 0.3) is 0 Å². The number of fused-ring (bicyclic) bond motifs is 10. The van der Waals surface area contributed by atoms with Crippen LogP contribution in [0.2, 0.25) is 0 Å². The monoisotopic (exact) mass is 693 g/mol. The molecule has 0 radical (unpaired) electrons. The predicted octanol–water partition coefficient (Wildman–Crippen LogP) is 12.5.